The Balaban J connectivity index is 2.71. The number of phenolic OH excluding ortho intramolecular Hbond substituents is 1. The summed E-state index contributed by atoms with van der Waals surface area (Å²) in [7, 11) is 0.550. The molecule has 1 N–H and O–H groups in total. The van der Waals surface area contributed by atoms with Crippen molar-refractivity contribution in [3.8, 4) is 5.75 Å². The summed E-state index contributed by atoms with van der Waals surface area (Å²) in [6.45, 7) is 7.07. The highest BCUT2D eigenvalue weighted by atomic mass is 28.2. The van der Waals surface area contributed by atoms with Gasteiger partial charge in [-0.3, -0.25) is 0 Å². The van der Waals surface area contributed by atoms with Crippen LogP contribution in [0.2, 0.25) is 6.04 Å². The maximum Gasteiger partial charge on any atom is 0.241 e. The lowest BCUT2D eigenvalue weighted by Gasteiger charge is -2.18. The van der Waals surface area contributed by atoms with Crippen LogP contribution < -0.4 is 0 Å². The van der Waals surface area contributed by atoms with Crippen LogP contribution in [0.15, 0.2) is 28.1 Å². The van der Waals surface area contributed by atoms with Gasteiger partial charge in [0.05, 0.1) is 6.54 Å². The van der Waals surface area contributed by atoms with E-state index in [1.54, 1.807) is 0 Å². The molecule has 0 fully saturated rings. The first-order valence-corrected chi connectivity index (χ1v) is 9.80. The molecule has 0 amide bonds. The molecule has 0 spiro atoms. The third-order valence-electron chi connectivity index (χ3n) is 3.98. The molecule has 3 nitrogen and oxygen atoms in total. The molecule has 1 aromatic rings. The number of phenols is 1. The van der Waals surface area contributed by atoms with Crippen molar-refractivity contribution in [3.05, 3.63) is 29.3 Å². The summed E-state index contributed by atoms with van der Waals surface area (Å²) in [4.78, 5) is 0. The molecular weight excluding hydrogens is 288 g/mol. The minimum absolute atomic E-state index is 0.434. The number of para-hydroxylation sites is 1. The van der Waals surface area contributed by atoms with Crippen molar-refractivity contribution in [1.29, 1.82) is 0 Å². The second-order valence-electron chi connectivity index (χ2n) is 5.76. The smallest absolute Gasteiger partial charge is 0.241 e. The topological polar surface area (TPSA) is 45.0 Å². The van der Waals surface area contributed by atoms with E-state index in [1.807, 2.05) is 12.1 Å². The van der Waals surface area contributed by atoms with E-state index in [2.05, 4.69) is 36.7 Å². The van der Waals surface area contributed by atoms with Crippen LogP contribution >= 0.6 is 0 Å². The van der Waals surface area contributed by atoms with Crippen LogP contribution in [0.1, 0.15) is 76.3 Å². The summed E-state index contributed by atoms with van der Waals surface area (Å²) in [5.41, 5.74) is 1.99. The van der Waals surface area contributed by atoms with Gasteiger partial charge in [0, 0.05) is 5.56 Å². The van der Waals surface area contributed by atoms with Crippen molar-refractivity contribution < 1.29 is 5.11 Å². The molecule has 1 aromatic carbocycles. The molecule has 0 bridgehead atoms. The van der Waals surface area contributed by atoms with Gasteiger partial charge in [-0.15, -0.1) is 0 Å². The van der Waals surface area contributed by atoms with Gasteiger partial charge in [-0.25, -0.2) is 4.78 Å². The van der Waals surface area contributed by atoms with E-state index in [4.69, 9.17) is 0 Å². The highest BCUT2D eigenvalue weighted by Crippen LogP contribution is 2.34. The Labute approximate surface area is 138 Å². The number of nitrogens with zero attached hydrogens (tertiary/aromatic N) is 2. The molecule has 0 aliphatic rings. The molecule has 0 saturated carbocycles. The van der Waals surface area contributed by atoms with Crippen LogP contribution in [0.4, 0.5) is 0 Å². The fourth-order valence-corrected chi connectivity index (χ4v) is 3.11. The summed E-state index contributed by atoms with van der Waals surface area (Å²) >= 11 is 0. The SMILES string of the molecule is CCCCCC(CC)c1cccc(CN=N[Si]CCC)c1O. The number of hydrogen-bond donors (Lipinski definition) is 1. The largest absolute Gasteiger partial charge is 0.507 e. The molecule has 0 aliphatic heterocycles. The van der Waals surface area contributed by atoms with Crippen molar-refractivity contribution in [1.82, 2.24) is 0 Å². The summed E-state index contributed by atoms with van der Waals surface area (Å²) in [5, 5.41) is 14.8. The maximum absolute atomic E-state index is 10.6. The van der Waals surface area contributed by atoms with Crippen molar-refractivity contribution in [2.45, 2.75) is 77.8 Å². The number of rotatable bonds is 11. The van der Waals surface area contributed by atoms with E-state index in [0.29, 0.717) is 27.9 Å². The molecule has 2 radical (unpaired) electrons. The van der Waals surface area contributed by atoms with Gasteiger partial charge in [0.25, 0.3) is 0 Å². The zero-order valence-corrected chi connectivity index (χ0v) is 15.3. The van der Waals surface area contributed by atoms with Crippen molar-refractivity contribution in [2.75, 3.05) is 0 Å². The molecule has 0 heterocycles. The first-order valence-electron chi connectivity index (χ1n) is 8.64. The van der Waals surface area contributed by atoms with Crippen LogP contribution in [0, 0.1) is 0 Å². The first-order chi connectivity index (χ1) is 10.7. The van der Waals surface area contributed by atoms with Crippen LogP contribution in [0.3, 0.4) is 0 Å². The zero-order chi connectivity index (χ0) is 16.2. The molecular formula is C18H30N2OSi. The number of hydrogen-bond acceptors (Lipinski definition) is 3. The quantitative estimate of drug-likeness (QED) is 0.310. The summed E-state index contributed by atoms with van der Waals surface area (Å²) in [5.74, 6) is 0.883. The summed E-state index contributed by atoms with van der Waals surface area (Å²) < 4.78 is 4.19. The predicted molar refractivity (Wildman–Crippen MR) is 94.7 cm³/mol. The second-order valence-corrected chi connectivity index (χ2v) is 6.78. The highest BCUT2D eigenvalue weighted by Gasteiger charge is 2.15. The summed E-state index contributed by atoms with van der Waals surface area (Å²) in [6, 6.07) is 7.16. The van der Waals surface area contributed by atoms with Gasteiger partial charge in [-0.1, -0.05) is 64.7 Å². The van der Waals surface area contributed by atoms with Gasteiger partial charge >= 0.3 is 0 Å². The van der Waals surface area contributed by atoms with E-state index in [9.17, 15) is 5.11 Å². The lowest BCUT2D eigenvalue weighted by molar-refractivity contribution is 0.445. The lowest BCUT2D eigenvalue weighted by Crippen LogP contribution is -2.00. The van der Waals surface area contributed by atoms with Crippen LogP contribution in [0.5, 0.6) is 5.75 Å². The molecule has 22 heavy (non-hydrogen) atoms. The zero-order valence-electron chi connectivity index (χ0n) is 14.3. The van der Waals surface area contributed by atoms with Crippen LogP contribution in [-0.2, 0) is 6.54 Å². The van der Waals surface area contributed by atoms with Gasteiger partial charge < -0.3 is 5.11 Å². The first kappa shape index (κ1) is 18.9. The van der Waals surface area contributed by atoms with Gasteiger partial charge in [-0.2, -0.15) is 5.11 Å². The van der Waals surface area contributed by atoms with Crippen molar-refractivity contribution in [3.63, 3.8) is 0 Å². The van der Waals surface area contributed by atoms with Crippen molar-refractivity contribution in [2.24, 2.45) is 9.89 Å². The molecule has 0 saturated heterocycles. The van der Waals surface area contributed by atoms with Crippen molar-refractivity contribution >= 4 is 9.68 Å². The number of benzene rings is 1. The molecule has 0 aromatic heterocycles. The molecule has 122 valence electrons. The lowest BCUT2D eigenvalue weighted by atomic mass is 9.89. The molecule has 1 rings (SSSR count). The monoisotopic (exact) mass is 318 g/mol. The fourth-order valence-electron chi connectivity index (χ4n) is 2.61. The average molecular weight is 319 g/mol. The van der Waals surface area contributed by atoms with E-state index in [-0.39, 0.29) is 0 Å². The van der Waals surface area contributed by atoms with Gasteiger partial charge in [0.15, 0.2) is 0 Å². The average Bonchev–Trinajstić information content (AvgIpc) is 2.53. The van der Waals surface area contributed by atoms with E-state index in [1.165, 1.54) is 19.3 Å². The third-order valence-corrected chi connectivity index (χ3v) is 4.99. The number of unbranched alkanes of at least 4 members (excludes halogenated alkanes) is 2. The van der Waals surface area contributed by atoms with Gasteiger partial charge in [-0.05, 0) is 30.4 Å². The minimum atomic E-state index is 0.434. The molecule has 1 unspecified atom stereocenters. The Morgan fingerprint density at radius 2 is 1.95 bits per heavy atom. The normalized spacial score (nSPS) is 12.9. The Kier molecular flexibility index (Phi) is 9.79. The predicted octanol–water partition coefficient (Wildman–Crippen LogP) is 5.87. The molecule has 4 heteroatoms. The number of aromatic hydroxyl groups is 1. The Hall–Kier alpha value is -1.16. The van der Waals surface area contributed by atoms with Gasteiger partial charge in [0.2, 0.25) is 9.68 Å². The summed E-state index contributed by atoms with van der Waals surface area (Å²) in [6.07, 6.45) is 7.11. The van der Waals surface area contributed by atoms with Gasteiger partial charge in [0.1, 0.15) is 5.75 Å². The third kappa shape index (κ3) is 6.30. The minimum Gasteiger partial charge on any atom is -0.507 e. The maximum atomic E-state index is 10.6. The van der Waals surface area contributed by atoms with Crippen LogP contribution in [-0.4, -0.2) is 14.8 Å². The second kappa shape index (κ2) is 11.4. The van der Waals surface area contributed by atoms with Crippen LogP contribution in [0.25, 0.3) is 0 Å². The highest BCUT2D eigenvalue weighted by molar-refractivity contribution is 6.32. The van der Waals surface area contributed by atoms with E-state index >= 15 is 0 Å². The van der Waals surface area contributed by atoms with E-state index < -0.39 is 0 Å². The Bertz CT molecular complexity index is 449. The fraction of sp³-hybridized carbons (Fsp3) is 0.667. The standard InChI is InChI=1S/C18H30N2OSi/c1-4-7-8-10-15(6-3)17-12-9-11-16(18(17)21)14-19-20-22-13-5-2/h9,11-12,15,21H,4-8,10,13-14H2,1-3H3. The van der Waals surface area contributed by atoms with E-state index in [0.717, 1.165) is 36.4 Å². The molecule has 0 aliphatic carbocycles. The molecule has 1 atom stereocenters. The Morgan fingerprint density at radius 3 is 2.64 bits per heavy atom. The Morgan fingerprint density at radius 1 is 1.14 bits per heavy atom.